The molecule has 3 unspecified atom stereocenters. The van der Waals surface area contributed by atoms with E-state index >= 15 is 0 Å². The minimum Gasteiger partial charge on any atom is -0.467 e. The highest BCUT2D eigenvalue weighted by atomic mass is 16.5. The number of carboxylic acid groups (broad SMARTS) is 1. The van der Waals surface area contributed by atoms with Crippen molar-refractivity contribution in [3.63, 3.8) is 0 Å². The first-order valence-corrected chi connectivity index (χ1v) is 5.77. The van der Waals surface area contributed by atoms with Crippen molar-refractivity contribution in [2.45, 2.75) is 25.5 Å². The lowest BCUT2D eigenvalue weighted by molar-refractivity contribution is -0.151. The second-order valence-corrected chi connectivity index (χ2v) is 4.24. The molecule has 1 aliphatic rings. The highest BCUT2D eigenvalue weighted by molar-refractivity contribution is 5.82. The third kappa shape index (κ3) is 3.24. The number of esters is 2. The van der Waals surface area contributed by atoms with Crippen LogP contribution in [0.1, 0.15) is 13.3 Å². The molecule has 3 atom stereocenters. The van der Waals surface area contributed by atoms with Crippen LogP contribution in [0.4, 0.5) is 4.79 Å². The zero-order chi connectivity index (χ0) is 14.6. The number of ether oxygens (including phenoxy) is 2. The van der Waals surface area contributed by atoms with Crippen LogP contribution in [0.15, 0.2) is 12.7 Å². The molecule has 7 nitrogen and oxygen atoms in total. The summed E-state index contributed by atoms with van der Waals surface area (Å²) in [7, 11) is 1.19. The van der Waals surface area contributed by atoms with E-state index in [1.54, 1.807) is 6.08 Å². The summed E-state index contributed by atoms with van der Waals surface area (Å²) >= 11 is 0. The van der Waals surface area contributed by atoms with Gasteiger partial charge in [-0.1, -0.05) is 6.08 Å². The molecule has 0 bridgehead atoms. The fourth-order valence-electron chi connectivity index (χ4n) is 2.31. The van der Waals surface area contributed by atoms with Crippen molar-refractivity contribution in [3.8, 4) is 0 Å². The lowest BCUT2D eigenvalue weighted by Gasteiger charge is -2.23. The molecular weight excluding hydrogens is 254 g/mol. The largest absolute Gasteiger partial charge is 0.467 e. The Hall–Kier alpha value is -2.05. The highest BCUT2D eigenvalue weighted by Gasteiger charge is 2.49. The highest BCUT2D eigenvalue weighted by Crippen LogP contribution is 2.31. The first kappa shape index (κ1) is 15.0. The van der Waals surface area contributed by atoms with E-state index in [1.807, 2.05) is 0 Å². The second-order valence-electron chi connectivity index (χ2n) is 4.24. The molecule has 0 aromatic heterocycles. The van der Waals surface area contributed by atoms with Gasteiger partial charge >= 0.3 is 18.0 Å². The van der Waals surface area contributed by atoms with Gasteiger partial charge in [0, 0.05) is 12.8 Å². The van der Waals surface area contributed by atoms with Crippen LogP contribution >= 0.6 is 0 Å². The summed E-state index contributed by atoms with van der Waals surface area (Å²) in [6, 6.07) is -0.982. The van der Waals surface area contributed by atoms with E-state index < -0.39 is 36.1 Å². The van der Waals surface area contributed by atoms with Crippen molar-refractivity contribution < 1.29 is 29.0 Å². The van der Waals surface area contributed by atoms with Gasteiger partial charge in [-0.05, 0) is 6.42 Å². The molecule has 0 aromatic rings. The van der Waals surface area contributed by atoms with Gasteiger partial charge in [-0.15, -0.1) is 6.58 Å². The summed E-state index contributed by atoms with van der Waals surface area (Å²) in [4.78, 5) is 34.9. The monoisotopic (exact) mass is 271 g/mol. The Labute approximate surface area is 110 Å². The van der Waals surface area contributed by atoms with E-state index in [-0.39, 0.29) is 6.54 Å². The zero-order valence-corrected chi connectivity index (χ0v) is 10.9. The lowest BCUT2D eigenvalue weighted by atomic mass is 9.94. The average molecular weight is 271 g/mol. The zero-order valence-electron chi connectivity index (χ0n) is 10.9. The normalized spacial score (nSPS) is 25.8. The maximum Gasteiger partial charge on any atom is 0.408 e. The number of allylic oxidation sites excluding steroid dienone is 1. The Bertz CT molecular complexity index is 394. The van der Waals surface area contributed by atoms with Crippen LogP contribution < -0.4 is 0 Å². The molecule has 1 aliphatic heterocycles. The Morgan fingerprint density at radius 2 is 2.11 bits per heavy atom. The predicted molar refractivity (Wildman–Crippen MR) is 64.4 cm³/mol. The summed E-state index contributed by atoms with van der Waals surface area (Å²) in [5, 5.41) is 9.12. The molecule has 0 aromatic carbocycles. The number of hydrogen-bond donors (Lipinski definition) is 1. The topological polar surface area (TPSA) is 93.1 Å². The average Bonchev–Trinajstić information content (AvgIpc) is 2.67. The molecule has 1 N–H and O–H groups in total. The van der Waals surface area contributed by atoms with Gasteiger partial charge in [-0.2, -0.15) is 0 Å². The molecule has 1 saturated heterocycles. The number of likely N-dealkylation sites (tertiary alicyclic amines) is 1. The molecule has 0 spiro atoms. The van der Waals surface area contributed by atoms with Crippen molar-refractivity contribution in [2.75, 3.05) is 13.7 Å². The Morgan fingerprint density at radius 3 is 2.53 bits per heavy atom. The lowest BCUT2D eigenvalue weighted by Crippen LogP contribution is -2.43. The number of carbonyl (C=O) groups excluding carboxylic acids is 2. The van der Waals surface area contributed by atoms with Crippen LogP contribution in [-0.4, -0.2) is 53.8 Å². The maximum atomic E-state index is 11.7. The Morgan fingerprint density at radius 1 is 1.47 bits per heavy atom. The first-order chi connectivity index (χ1) is 8.92. The Kier molecular flexibility index (Phi) is 4.91. The summed E-state index contributed by atoms with van der Waals surface area (Å²) in [5.41, 5.74) is 0. The third-order valence-corrected chi connectivity index (χ3v) is 3.04. The molecule has 1 rings (SSSR count). The third-order valence-electron chi connectivity index (χ3n) is 3.04. The van der Waals surface area contributed by atoms with E-state index in [1.165, 1.54) is 14.0 Å². The SMILES string of the molecule is C=CCC1C(OC(C)=O)CN(C(=O)O)C1C(=O)OC. The summed E-state index contributed by atoms with van der Waals surface area (Å²) in [5.74, 6) is -1.66. The predicted octanol–water partition coefficient (Wildman–Crippen LogP) is 0.646. The van der Waals surface area contributed by atoms with Gasteiger partial charge in [-0.3, -0.25) is 9.69 Å². The van der Waals surface area contributed by atoms with Gasteiger partial charge in [0.25, 0.3) is 0 Å². The second kappa shape index (κ2) is 6.21. The van der Waals surface area contributed by atoms with Crippen LogP contribution in [-0.2, 0) is 19.1 Å². The number of amides is 1. The van der Waals surface area contributed by atoms with Crippen molar-refractivity contribution in [3.05, 3.63) is 12.7 Å². The van der Waals surface area contributed by atoms with Gasteiger partial charge in [0.2, 0.25) is 0 Å². The smallest absolute Gasteiger partial charge is 0.408 e. The molecule has 106 valence electrons. The van der Waals surface area contributed by atoms with Crippen LogP contribution in [0.2, 0.25) is 0 Å². The van der Waals surface area contributed by atoms with Gasteiger partial charge in [-0.25, -0.2) is 9.59 Å². The summed E-state index contributed by atoms with van der Waals surface area (Å²) in [6.45, 7) is 4.76. The minimum atomic E-state index is -1.25. The minimum absolute atomic E-state index is 0.0484. The van der Waals surface area contributed by atoms with E-state index in [9.17, 15) is 14.4 Å². The van der Waals surface area contributed by atoms with Gasteiger partial charge < -0.3 is 14.6 Å². The first-order valence-electron chi connectivity index (χ1n) is 5.77. The van der Waals surface area contributed by atoms with E-state index in [2.05, 4.69) is 11.3 Å². The molecule has 0 radical (unpaired) electrons. The number of rotatable bonds is 4. The summed E-state index contributed by atoms with van der Waals surface area (Å²) < 4.78 is 9.71. The molecule has 19 heavy (non-hydrogen) atoms. The maximum absolute atomic E-state index is 11.7. The number of methoxy groups -OCH3 is 1. The fraction of sp³-hybridized carbons (Fsp3) is 0.583. The van der Waals surface area contributed by atoms with Gasteiger partial charge in [0.15, 0.2) is 0 Å². The fourth-order valence-corrected chi connectivity index (χ4v) is 2.31. The van der Waals surface area contributed by atoms with E-state index in [0.717, 1.165) is 4.90 Å². The van der Waals surface area contributed by atoms with Crippen LogP contribution in [0.3, 0.4) is 0 Å². The number of carbonyl (C=O) groups is 3. The van der Waals surface area contributed by atoms with E-state index in [0.29, 0.717) is 6.42 Å². The van der Waals surface area contributed by atoms with Crippen LogP contribution in [0.5, 0.6) is 0 Å². The molecule has 1 fully saturated rings. The Balaban J connectivity index is 3.04. The van der Waals surface area contributed by atoms with Crippen molar-refractivity contribution in [1.29, 1.82) is 0 Å². The number of hydrogen-bond acceptors (Lipinski definition) is 5. The molecule has 7 heteroatoms. The molecule has 1 amide bonds. The van der Waals surface area contributed by atoms with Crippen LogP contribution in [0, 0.1) is 5.92 Å². The molecule has 1 heterocycles. The summed E-state index contributed by atoms with van der Waals surface area (Å²) in [6.07, 6.45) is -0.0148. The van der Waals surface area contributed by atoms with Crippen LogP contribution in [0.25, 0.3) is 0 Å². The quantitative estimate of drug-likeness (QED) is 0.596. The molecule has 0 aliphatic carbocycles. The number of nitrogens with zero attached hydrogens (tertiary/aromatic N) is 1. The van der Waals surface area contributed by atoms with E-state index in [4.69, 9.17) is 9.84 Å². The van der Waals surface area contributed by atoms with Crippen molar-refractivity contribution in [1.82, 2.24) is 4.90 Å². The van der Waals surface area contributed by atoms with Crippen molar-refractivity contribution in [2.24, 2.45) is 5.92 Å². The van der Waals surface area contributed by atoms with Gasteiger partial charge in [0.05, 0.1) is 13.7 Å². The standard InChI is InChI=1S/C12H17NO6/c1-4-5-8-9(19-7(2)14)6-13(12(16)17)10(8)11(15)18-3/h4,8-10H,1,5-6H2,2-3H3,(H,16,17). The molecular formula is C12H17NO6. The van der Waals surface area contributed by atoms with Crippen molar-refractivity contribution >= 4 is 18.0 Å². The van der Waals surface area contributed by atoms with Gasteiger partial charge in [0.1, 0.15) is 12.1 Å². The molecule has 0 saturated carbocycles.